The van der Waals surface area contributed by atoms with E-state index in [0.717, 1.165) is 18.5 Å². The van der Waals surface area contributed by atoms with Gasteiger partial charge in [0.25, 0.3) is 0 Å². The molecule has 1 aliphatic heterocycles. The maximum atomic E-state index is 12.2. The predicted octanol–water partition coefficient (Wildman–Crippen LogP) is 0.243. The van der Waals surface area contributed by atoms with Gasteiger partial charge in [0.15, 0.2) is 0 Å². The zero-order valence-corrected chi connectivity index (χ0v) is 11.5. The van der Waals surface area contributed by atoms with Gasteiger partial charge in [-0.2, -0.15) is 0 Å². The van der Waals surface area contributed by atoms with Gasteiger partial charge in [0.2, 0.25) is 5.91 Å². The first-order chi connectivity index (χ1) is 10.2. The highest BCUT2D eigenvalue weighted by Gasteiger charge is 2.48. The van der Waals surface area contributed by atoms with E-state index < -0.39 is 11.4 Å². The van der Waals surface area contributed by atoms with Crippen LogP contribution in [0.3, 0.4) is 0 Å². The van der Waals surface area contributed by atoms with Crippen molar-refractivity contribution in [3.8, 4) is 0 Å². The van der Waals surface area contributed by atoms with E-state index in [1.165, 1.54) is 6.33 Å². The Morgan fingerprint density at radius 3 is 2.71 bits per heavy atom. The number of amides is 1. The number of carbonyl (C=O) groups is 1. The summed E-state index contributed by atoms with van der Waals surface area (Å²) in [6.45, 7) is 1.33. The second-order valence-corrected chi connectivity index (χ2v) is 5.09. The summed E-state index contributed by atoms with van der Waals surface area (Å²) in [6, 6.07) is 0. The van der Waals surface area contributed by atoms with Crippen LogP contribution in [0, 0.1) is 0 Å². The number of carbonyl (C=O) groups excluding carboxylic acids is 1. The number of likely N-dealkylation sites (tertiary alicyclic amines) is 1. The molecule has 0 radical (unpaired) electrons. The number of nitrogens with zero attached hydrogens (tertiary/aromatic N) is 5. The van der Waals surface area contributed by atoms with Gasteiger partial charge in [0, 0.05) is 36.9 Å². The van der Waals surface area contributed by atoms with Crippen LogP contribution >= 0.6 is 0 Å². The monoisotopic (exact) mass is 284 g/mol. The Morgan fingerprint density at radius 2 is 2.05 bits per heavy atom. The first-order valence-corrected chi connectivity index (χ1v) is 6.79. The van der Waals surface area contributed by atoms with E-state index in [1.54, 1.807) is 31.0 Å². The van der Waals surface area contributed by atoms with Gasteiger partial charge in [-0.25, -0.2) is 9.97 Å². The van der Waals surface area contributed by atoms with E-state index in [4.69, 9.17) is 5.73 Å². The summed E-state index contributed by atoms with van der Waals surface area (Å²) in [7, 11) is 0. The van der Waals surface area contributed by atoms with Crippen molar-refractivity contribution in [2.75, 3.05) is 6.54 Å². The Hall–Kier alpha value is -2.41. The molecular weight excluding hydrogens is 268 g/mol. The third kappa shape index (κ3) is 2.36. The van der Waals surface area contributed by atoms with Gasteiger partial charge in [0.1, 0.15) is 11.9 Å². The van der Waals surface area contributed by atoms with Crippen LogP contribution in [0.2, 0.25) is 0 Å². The Bertz CT molecular complexity index is 620. The van der Waals surface area contributed by atoms with Crippen molar-refractivity contribution in [1.82, 2.24) is 24.8 Å². The molecule has 1 saturated heterocycles. The molecule has 3 rings (SSSR count). The zero-order chi connectivity index (χ0) is 14.7. The van der Waals surface area contributed by atoms with Gasteiger partial charge >= 0.3 is 0 Å². The summed E-state index contributed by atoms with van der Waals surface area (Å²) in [4.78, 5) is 30.7. The normalized spacial score (nSPS) is 22.3. The third-order valence-electron chi connectivity index (χ3n) is 3.89. The van der Waals surface area contributed by atoms with E-state index in [-0.39, 0.29) is 0 Å². The van der Waals surface area contributed by atoms with E-state index in [1.807, 2.05) is 4.90 Å². The van der Waals surface area contributed by atoms with Gasteiger partial charge in [-0.3, -0.25) is 19.7 Å². The number of nitrogens with two attached hydrogens (primary N) is 1. The lowest BCUT2D eigenvalue weighted by Crippen LogP contribution is -2.51. The van der Waals surface area contributed by atoms with Crippen LogP contribution in [0.1, 0.15) is 24.1 Å². The Balaban J connectivity index is 1.97. The number of hydrogen-bond donors (Lipinski definition) is 1. The van der Waals surface area contributed by atoms with Gasteiger partial charge in [-0.1, -0.05) is 0 Å². The van der Waals surface area contributed by atoms with E-state index in [9.17, 15) is 4.79 Å². The molecule has 108 valence electrons. The Morgan fingerprint density at radius 1 is 1.24 bits per heavy atom. The molecule has 7 nitrogen and oxygen atoms in total. The number of primary amides is 1. The van der Waals surface area contributed by atoms with Gasteiger partial charge in [0.05, 0.1) is 11.9 Å². The van der Waals surface area contributed by atoms with Crippen LogP contribution in [-0.4, -0.2) is 37.3 Å². The summed E-state index contributed by atoms with van der Waals surface area (Å²) in [5, 5.41) is 0. The summed E-state index contributed by atoms with van der Waals surface area (Å²) in [6.07, 6.45) is 11.3. The SMILES string of the molecule is NC(=O)C1(c2cnccn2)CCCN1Cc1cncnc1. The highest BCUT2D eigenvalue weighted by Crippen LogP contribution is 2.38. The third-order valence-corrected chi connectivity index (χ3v) is 3.89. The molecule has 1 aliphatic rings. The van der Waals surface area contributed by atoms with Crippen molar-refractivity contribution < 1.29 is 4.79 Å². The lowest BCUT2D eigenvalue weighted by molar-refractivity contribution is -0.129. The van der Waals surface area contributed by atoms with E-state index in [2.05, 4.69) is 19.9 Å². The van der Waals surface area contributed by atoms with Crippen molar-refractivity contribution in [1.29, 1.82) is 0 Å². The van der Waals surface area contributed by atoms with Crippen molar-refractivity contribution in [3.05, 3.63) is 48.6 Å². The molecule has 1 unspecified atom stereocenters. The smallest absolute Gasteiger partial charge is 0.244 e. The number of aromatic nitrogens is 4. The molecule has 0 aliphatic carbocycles. The van der Waals surface area contributed by atoms with Crippen molar-refractivity contribution >= 4 is 5.91 Å². The summed E-state index contributed by atoms with van der Waals surface area (Å²) in [5.41, 5.74) is 6.37. The minimum Gasteiger partial charge on any atom is -0.368 e. The fourth-order valence-corrected chi connectivity index (χ4v) is 2.93. The van der Waals surface area contributed by atoms with E-state index >= 15 is 0 Å². The topological polar surface area (TPSA) is 97.9 Å². The summed E-state index contributed by atoms with van der Waals surface area (Å²) in [5.74, 6) is -0.391. The molecule has 2 N–H and O–H groups in total. The molecule has 1 fully saturated rings. The van der Waals surface area contributed by atoms with Crippen molar-refractivity contribution in [2.45, 2.75) is 24.9 Å². The lowest BCUT2D eigenvalue weighted by Gasteiger charge is -2.34. The summed E-state index contributed by atoms with van der Waals surface area (Å²) >= 11 is 0. The molecule has 1 amide bonds. The van der Waals surface area contributed by atoms with Gasteiger partial charge < -0.3 is 5.73 Å². The van der Waals surface area contributed by atoms with Gasteiger partial charge in [-0.05, 0) is 19.4 Å². The van der Waals surface area contributed by atoms with Crippen molar-refractivity contribution in [2.24, 2.45) is 5.73 Å². The standard InChI is InChI=1S/C14H16N6O/c15-13(21)14(12-8-16-3-4-19-12)2-1-5-20(14)9-11-6-17-10-18-7-11/h3-4,6-8,10H,1-2,5,9H2,(H2,15,21). The molecule has 0 aromatic carbocycles. The first kappa shape index (κ1) is 13.6. The van der Waals surface area contributed by atoms with Crippen LogP contribution in [0.15, 0.2) is 37.3 Å². The van der Waals surface area contributed by atoms with Crippen LogP contribution in [-0.2, 0) is 16.9 Å². The molecule has 2 aromatic rings. The van der Waals surface area contributed by atoms with Crippen LogP contribution < -0.4 is 5.73 Å². The number of rotatable bonds is 4. The maximum absolute atomic E-state index is 12.2. The molecular formula is C14H16N6O. The molecule has 1 atom stereocenters. The van der Waals surface area contributed by atoms with Crippen LogP contribution in [0.5, 0.6) is 0 Å². The average Bonchev–Trinajstić information content (AvgIpc) is 2.94. The highest BCUT2D eigenvalue weighted by atomic mass is 16.1. The predicted molar refractivity (Wildman–Crippen MR) is 74.6 cm³/mol. The second-order valence-electron chi connectivity index (χ2n) is 5.09. The zero-order valence-electron chi connectivity index (χ0n) is 11.5. The maximum Gasteiger partial charge on any atom is 0.244 e. The molecule has 0 spiro atoms. The second kappa shape index (κ2) is 5.53. The van der Waals surface area contributed by atoms with Gasteiger partial charge in [-0.15, -0.1) is 0 Å². The number of hydrogen-bond acceptors (Lipinski definition) is 6. The quantitative estimate of drug-likeness (QED) is 0.863. The van der Waals surface area contributed by atoms with Crippen LogP contribution in [0.4, 0.5) is 0 Å². The minimum atomic E-state index is -0.899. The molecule has 0 saturated carbocycles. The Kier molecular flexibility index (Phi) is 3.57. The average molecular weight is 284 g/mol. The largest absolute Gasteiger partial charge is 0.368 e. The molecule has 2 aromatic heterocycles. The lowest BCUT2D eigenvalue weighted by atomic mass is 9.91. The first-order valence-electron chi connectivity index (χ1n) is 6.79. The molecule has 3 heterocycles. The summed E-state index contributed by atoms with van der Waals surface area (Å²) < 4.78 is 0. The molecule has 7 heteroatoms. The van der Waals surface area contributed by atoms with Crippen LogP contribution in [0.25, 0.3) is 0 Å². The molecule has 0 bridgehead atoms. The molecule has 21 heavy (non-hydrogen) atoms. The van der Waals surface area contributed by atoms with Crippen molar-refractivity contribution in [3.63, 3.8) is 0 Å². The highest BCUT2D eigenvalue weighted by molar-refractivity contribution is 5.86. The fourth-order valence-electron chi connectivity index (χ4n) is 2.93. The minimum absolute atomic E-state index is 0.391. The Labute approximate surface area is 122 Å². The van der Waals surface area contributed by atoms with E-state index in [0.29, 0.717) is 18.7 Å². The fraction of sp³-hybridized carbons (Fsp3) is 0.357.